The Morgan fingerprint density at radius 1 is 1.39 bits per heavy atom. The number of benzene rings is 1. The third-order valence-corrected chi connectivity index (χ3v) is 6.47. The number of carbonyl (C=O) groups is 1. The van der Waals surface area contributed by atoms with Crippen molar-refractivity contribution in [3.8, 4) is 6.07 Å². The Bertz CT molecular complexity index is 1400. The molecule has 2 N–H and O–H groups in total. The van der Waals surface area contributed by atoms with Crippen molar-refractivity contribution in [2.24, 2.45) is 13.0 Å². The van der Waals surface area contributed by atoms with Crippen LogP contribution >= 0.6 is 0 Å². The van der Waals surface area contributed by atoms with E-state index < -0.39 is 0 Å². The van der Waals surface area contributed by atoms with Gasteiger partial charge in [-0.1, -0.05) is 24.8 Å². The molecule has 0 atom stereocenters. The maximum absolute atomic E-state index is 13.0. The highest BCUT2D eigenvalue weighted by Gasteiger charge is 2.49. The van der Waals surface area contributed by atoms with Crippen molar-refractivity contribution in [1.82, 2.24) is 24.7 Å². The van der Waals surface area contributed by atoms with Gasteiger partial charge in [-0.15, -0.1) is 10.2 Å². The van der Waals surface area contributed by atoms with Crippen LogP contribution < -0.4 is 5.32 Å². The average molecular weight is 438 g/mol. The van der Waals surface area contributed by atoms with E-state index in [4.69, 9.17) is 5.26 Å². The molecule has 1 aliphatic carbocycles. The number of carbonyl (C=O) groups excluding carboxylic acids is 1. The lowest BCUT2D eigenvalue weighted by molar-refractivity contribution is 0.102. The molecule has 0 bridgehead atoms. The third kappa shape index (κ3) is 3.48. The van der Waals surface area contributed by atoms with Crippen LogP contribution in [0.2, 0.25) is 0 Å². The van der Waals surface area contributed by atoms with Crippen LogP contribution in [0, 0.1) is 17.2 Å². The molecule has 0 unspecified atom stereocenters. The largest absolute Gasteiger partial charge is 0.359 e. The molecular weight excluding hydrogens is 414 g/mol. The second-order valence-corrected chi connectivity index (χ2v) is 8.56. The number of nitrogens with one attached hydrogen (secondary N) is 2. The van der Waals surface area contributed by atoms with Crippen molar-refractivity contribution < 1.29 is 4.79 Å². The summed E-state index contributed by atoms with van der Waals surface area (Å²) in [5.74, 6) is 0.900. The Morgan fingerprint density at radius 2 is 2.24 bits per heavy atom. The number of amides is 1. The zero-order valence-corrected chi connectivity index (χ0v) is 18.2. The minimum atomic E-state index is -0.328. The number of anilines is 1. The molecule has 33 heavy (non-hydrogen) atoms. The van der Waals surface area contributed by atoms with Gasteiger partial charge in [-0.3, -0.25) is 4.79 Å². The van der Waals surface area contributed by atoms with Crippen molar-refractivity contribution in [1.29, 1.82) is 5.26 Å². The summed E-state index contributed by atoms with van der Waals surface area (Å²) in [6, 6.07) is 13.7. The summed E-state index contributed by atoms with van der Waals surface area (Å²) in [5, 5.41) is 20.6. The zero-order valence-electron chi connectivity index (χ0n) is 18.2. The summed E-state index contributed by atoms with van der Waals surface area (Å²) in [6.07, 6.45) is 7.35. The molecular formula is C25H23N7O. The number of rotatable bonds is 6. The van der Waals surface area contributed by atoms with Gasteiger partial charge < -0.3 is 14.9 Å². The molecule has 0 saturated heterocycles. The van der Waals surface area contributed by atoms with E-state index in [-0.39, 0.29) is 11.3 Å². The monoisotopic (exact) mass is 437 g/mol. The van der Waals surface area contributed by atoms with Crippen molar-refractivity contribution >= 4 is 28.7 Å². The number of fused-ring (bicyclic) bond motifs is 1. The summed E-state index contributed by atoms with van der Waals surface area (Å²) >= 11 is 0. The van der Waals surface area contributed by atoms with Crippen molar-refractivity contribution in [2.45, 2.75) is 24.7 Å². The molecule has 1 amide bonds. The Morgan fingerprint density at radius 3 is 2.97 bits per heavy atom. The van der Waals surface area contributed by atoms with Gasteiger partial charge in [-0.2, -0.15) is 5.26 Å². The number of nitrogens with zero attached hydrogens (tertiary/aromatic N) is 5. The predicted octanol–water partition coefficient (Wildman–Crippen LogP) is 4.20. The van der Waals surface area contributed by atoms with Crippen LogP contribution in [0.25, 0.3) is 17.1 Å². The van der Waals surface area contributed by atoms with Crippen LogP contribution in [0.1, 0.15) is 46.7 Å². The van der Waals surface area contributed by atoms with Crippen LogP contribution in [0.4, 0.5) is 5.69 Å². The SMILES string of the molecule is C=Cc1cc(C(=O)Nc2cccc(C3(c4nncn4C)CC(CC#N)C3)c2)nc2cc[nH]c12. The van der Waals surface area contributed by atoms with E-state index in [1.54, 1.807) is 24.7 Å². The first-order valence-corrected chi connectivity index (χ1v) is 10.8. The van der Waals surface area contributed by atoms with Crippen LogP contribution in [0.15, 0.2) is 55.5 Å². The van der Waals surface area contributed by atoms with Gasteiger partial charge in [-0.05, 0) is 48.6 Å². The molecule has 3 heterocycles. The molecule has 8 nitrogen and oxygen atoms in total. The van der Waals surface area contributed by atoms with E-state index in [2.05, 4.69) is 38.1 Å². The molecule has 0 radical (unpaired) electrons. The maximum Gasteiger partial charge on any atom is 0.274 e. The fourth-order valence-electron chi connectivity index (χ4n) is 4.90. The number of aromatic amines is 1. The number of aromatic nitrogens is 5. The number of hydrogen-bond acceptors (Lipinski definition) is 5. The molecule has 3 aromatic heterocycles. The van der Waals surface area contributed by atoms with Gasteiger partial charge in [0.05, 0.1) is 22.5 Å². The van der Waals surface area contributed by atoms with Crippen molar-refractivity contribution in [3.63, 3.8) is 0 Å². The van der Waals surface area contributed by atoms with Gasteiger partial charge in [-0.25, -0.2) is 4.98 Å². The van der Waals surface area contributed by atoms with E-state index in [1.165, 1.54) is 0 Å². The minimum Gasteiger partial charge on any atom is -0.359 e. The quantitative estimate of drug-likeness (QED) is 0.470. The lowest BCUT2D eigenvalue weighted by atomic mass is 9.57. The summed E-state index contributed by atoms with van der Waals surface area (Å²) in [7, 11) is 1.93. The number of aryl methyl sites for hydroxylation is 1. The second-order valence-electron chi connectivity index (χ2n) is 8.56. The maximum atomic E-state index is 13.0. The molecule has 0 spiro atoms. The van der Waals surface area contributed by atoms with E-state index in [0.29, 0.717) is 29.2 Å². The molecule has 0 aliphatic heterocycles. The van der Waals surface area contributed by atoms with Gasteiger partial charge in [0.15, 0.2) is 0 Å². The van der Waals surface area contributed by atoms with Gasteiger partial charge in [0.2, 0.25) is 0 Å². The fraction of sp³-hybridized carbons (Fsp3) is 0.240. The first kappa shape index (κ1) is 20.6. The van der Waals surface area contributed by atoms with Crippen molar-refractivity contribution in [3.05, 3.63) is 78.1 Å². The Hall–Kier alpha value is -4.25. The molecule has 8 heteroatoms. The number of pyridine rings is 1. The topological polar surface area (TPSA) is 112 Å². The van der Waals surface area contributed by atoms with E-state index in [0.717, 1.165) is 35.3 Å². The molecule has 1 aromatic carbocycles. The van der Waals surface area contributed by atoms with Gasteiger partial charge >= 0.3 is 0 Å². The smallest absolute Gasteiger partial charge is 0.274 e. The number of H-pyrrole nitrogens is 1. The minimum absolute atomic E-state index is 0.290. The summed E-state index contributed by atoms with van der Waals surface area (Å²) in [5.41, 5.74) is 4.11. The van der Waals surface area contributed by atoms with Gasteiger partial charge in [0, 0.05) is 30.9 Å². The lowest BCUT2D eigenvalue weighted by Crippen LogP contribution is -2.44. The van der Waals surface area contributed by atoms with Gasteiger partial charge in [0.1, 0.15) is 17.8 Å². The Balaban J connectivity index is 1.45. The molecule has 1 aliphatic rings. The van der Waals surface area contributed by atoms with Crippen LogP contribution in [-0.2, 0) is 12.5 Å². The zero-order chi connectivity index (χ0) is 23.0. The number of nitriles is 1. The Labute approximate surface area is 191 Å². The molecule has 164 valence electrons. The first-order valence-electron chi connectivity index (χ1n) is 10.8. The van der Waals surface area contributed by atoms with E-state index in [9.17, 15) is 4.79 Å². The Kier molecular flexibility index (Phi) is 5.02. The lowest BCUT2D eigenvalue weighted by Gasteiger charge is -2.46. The fourth-order valence-corrected chi connectivity index (χ4v) is 4.90. The summed E-state index contributed by atoms with van der Waals surface area (Å²) in [4.78, 5) is 20.6. The van der Waals surface area contributed by atoms with Crippen LogP contribution in [0.5, 0.6) is 0 Å². The summed E-state index contributed by atoms with van der Waals surface area (Å²) in [6.45, 7) is 3.84. The van der Waals surface area contributed by atoms with Crippen LogP contribution in [0.3, 0.4) is 0 Å². The highest BCUT2D eigenvalue weighted by atomic mass is 16.1. The predicted molar refractivity (Wildman–Crippen MR) is 125 cm³/mol. The highest BCUT2D eigenvalue weighted by molar-refractivity contribution is 6.05. The summed E-state index contributed by atoms with van der Waals surface area (Å²) < 4.78 is 1.93. The molecule has 4 aromatic rings. The first-order chi connectivity index (χ1) is 16.0. The highest BCUT2D eigenvalue weighted by Crippen LogP contribution is 2.53. The molecule has 1 saturated carbocycles. The van der Waals surface area contributed by atoms with E-state index >= 15 is 0 Å². The third-order valence-electron chi connectivity index (χ3n) is 6.47. The molecule has 5 rings (SSSR count). The van der Waals surface area contributed by atoms with E-state index in [1.807, 2.05) is 41.9 Å². The van der Waals surface area contributed by atoms with Gasteiger partial charge in [0.25, 0.3) is 5.91 Å². The standard InChI is InChI=1S/C25H23N7O/c1-3-17-11-21(30-20-8-10-27-22(17)20)23(33)29-19-6-4-5-18(12-19)25(13-16(14-25)7-9-26)24-31-28-15-32(24)2/h3-6,8,10-12,15-16,27H,1,7,13-14H2,2H3,(H,29,33). The number of hydrogen-bond donors (Lipinski definition) is 2. The second kappa shape index (κ2) is 8.02. The van der Waals surface area contributed by atoms with Crippen molar-refractivity contribution in [2.75, 3.05) is 5.32 Å². The van der Waals surface area contributed by atoms with Crippen LogP contribution in [-0.4, -0.2) is 30.6 Å². The normalized spacial score (nSPS) is 19.6. The average Bonchev–Trinajstić information content (AvgIpc) is 3.44. The molecule has 1 fully saturated rings.